The first kappa shape index (κ1) is 35.5. The van der Waals surface area contributed by atoms with E-state index >= 15 is 0 Å². The Kier molecular flexibility index (Phi) is 58.0. The van der Waals surface area contributed by atoms with Crippen LogP contribution >= 0.6 is 0 Å². The smallest absolute Gasteiger partial charge is 0.0529 e. The van der Waals surface area contributed by atoms with E-state index in [0.717, 1.165) is 23.6 Å². The van der Waals surface area contributed by atoms with Gasteiger partial charge >= 0.3 is 0 Å². The Morgan fingerprint density at radius 3 is 1.04 bits per heavy atom. The van der Waals surface area contributed by atoms with Crippen molar-refractivity contribution in [1.29, 1.82) is 2.67 Å². The largest absolute Gasteiger partial charge is 0.810 e. The molecule has 0 spiro atoms. The van der Waals surface area contributed by atoms with Gasteiger partial charge in [-0.2, -0.15) is 12.4 Å². The van der Waals surface area contributed by atoms with Gasteiger partial charge < -0.3 is 24.7 Å². The van der Waals surface area contributed by atoms with Crippen molar-refractivity contribution in [3.8, 4) is 0 Å². The number of rotatable bonds is 4. The SMILES string of the molecule is CC.CC.[3H][B]C[CH2-].[3H][B]C[CH2-].[N-]=Cc1ccccc1.[N-]=Cc1ccccc1.[Y].[Y]. The van der Waals surface area contributed by atoms with Gasteiger partial charge in [-0.15, -0.1) is 0 Å². The van der Waals surface area contributed by atoms with E-state index in [9.17, 15) is 0 Å². The second-order valence-corrected chi connectivity index (χ2v) is 3.66. The molecule has 4 radical (unpaired) electrons. The maximum absolute atomic E-state index is 8.41. The van der Waals surface area contributed by atoms with E-state index in [-0.39, 0.29) is 65.4 Å². The normalized spacial score (nSPS) is 7.21. The summed E-state index contributed by atoms with van der Waals surface area (Å²) in [5, 5.41) is 16.8. The van der Waals surface area contributed by atoms with Gasteiger partial charge in [0.2, 0.25) is 0 Å². The first-order valence-electron chi connectivity index (χ1n) is 9.89. The van der Waals surface area contributed by atoms with Gasteiger partial charge in [-0.3, -0.25) is 0 Å². The van der Waals surface area contributed by atoms with Crippen LogP contribution in [0.25, 0.3) is 10.8 Å². The average Bonchev–Trinajstić information content (AvgIpc) is 2.83. The van der Waals surface area contributed by atoms with E-state index in [1.165, 1.54) is 15.6 Å². The molecule has 0 aromatic heterocycles. The molecule has 2 rings (SSSR count). The topological polar surface area (TPSA) is 44.6 Å². The Morgan fingerprint density at radius 1 is 0.714 bits per heavy atom. The molecule has 0 N–H and O–H groups in total. The predicted molar refractivity (Wildman–Crippen MR) is 127 cm³/mol. The molecule has 0 heterocycles. The molecule has 0 aliphatic heterocycles. The molecule has 28 heavy (non-hydrogen) atoms. The van der Waals surface area contributed by atoms with Crippen molar-refractivity contribution >= 4 is 28.0 Å². The van der Waals surface area contributed by atoms with Crippen molar-refractivity contribution in [2.24, 2.45) is 0 Å². The fourth-order valence-corrected chi connectivity index (χ4v) is 1.08. The van der Waals surface area contributed by atoms with Crippen LogP contribution in [0.15, 0.2) is 60.7 Å². The zero-order valence-electron chi connectivity index (χ0n) is 20.0. The van der Waals surface area contributed by atoms with Crippen LogP contribution in [-0.2, 0) is 65.4 Å². The van der Waals surface area contributed by atoms with E-state index in [1.54, 1.807) is 0 Å². The quantitative estimate of drug-likeness (QED) is 0.278. The fraction of sp³-hybridized carbons (Fsp3) is 0.273. The Bertz CT molecular complexity index is 458. The summed E-state index contributed by atoms with van der Waals surface area (Å²) in [5.41, 5.74) is 1.68. The van der Waals surface area contributed by atoms with E-state index in [2.05, 4.69) is 13.8 Å². The summed E-state index contributed by atoms with van der Waals surface area (Å²) in [6, 6.07) is 18.7. The molecular weight excluding hydrogens is 492 g/mol. The van der Waals surface area contributed by atoms with E-state index in [4.69, 9.17) is 13.5 Å². The summed E-state index contributed by atoms with van der Waals surface area (Å²) in [6.07, 6.45) is 3.39. The zero-order chi connectivity index (χ0) is 22.5. The minimum Gasteiger partial charge on any atom is -0.810 e. The number of hydrogen-bond acceptors (Lipinski definition) is 0. The summed E-state index contributed by atoms with van der Waals surface area (Å²) in [4.78, 5) is 0. The number of hydrogen-bond donors (Lipinski definition) is 0. The zero-order valence-corrected chi connectivity index (χ0v) is 23.6. The van der Waals surface area contributed by atoms with Crippen molar-refractivity contribution in [2.75, 3.05) is 0 Å². The molecule has 0 saturated heterocycles. The van der Waals surface area contributed by atoms with E-state index in [1.807, 2.05) is 88.4 Å². The van der Waals surface area contributed by atoms with Crippen molar-refractivity contribution in [3.63, 3.8) is 0 Å². The van der Waals surface area contributed by atoms with Gasteiger partial charge in [0.15, 0.2) is 0 Å². The summed E-state index contributed by atoms with van der Waals surface area (Å²) in [6.45, 7) is 14.7. The minimum atomic E-state index is 0. The monoisotopic (exact) mass is 530 g/mol. The summed E-state index contributed by atoms with van der Waals surface area (Å²) < 4.78 is 12.5. The fourth-order valence-electron chi connectivity index (χ4n) is 1.08. The molecule has 2 aromatic carbocycles. The standard InChI is InChI=1S/2C7H6N.2C2H5B.2C2H6.2Y/c2*8-6-7-4-2-1-3-5-7;2*1-2-3;2*1-2;;/h2*1-6H;2*3H,1-2H2;2*1-2H3;;/q4*-1;;;;/i;;2*3T;;;;. The molecule has 0 unspecified atom stereocenters. The Balaban J connectivity index is -0.0000000618. The average molecular weight is 530 g/mol. The molecule has 6 heteroatoms. The first-order valence-corrected chi connectivity index (χ1v) is 8.73. The van der Waals surface area contributed by atoms with Crippen LogP contribution in [-0.4, -0.2) is 30.7 Å². The summed E-state index contributed by atoms with van der Waals surface area (Å²) >= 11 is 0. The summed E-state index contributed by atoms with van der Waals surface area (Å²) in [5.74, 6) is 0. The van der Waals surface area contributed by atoms with Gasteiger partial charge in [-0.25, -0.2) is 12.6 Å². The number of benzene rings is 2. The van der Waals surface area contributed by atoms with Crippen LogP contribution in [0.4, 0.5) is 0 Å². The maximum atomic E-state index is 8.41. The van der Waals surface area contributed by atoms with Crippen LogP contribution in [0.1, 0.15) is 38.8 Å². The van der Waals surface area contributed by atoms with Crippen molar-refractivity contribution < 1.29 is 65.4 Å². The molecule has 0 saturated carbocycles. The van der Waals surface area contributed by atoms with Crippen LogP contribution in [0.2, 0.25) is 12.6 Å². The van der Waals surface area contributed by atoms with Crippen LogP contribution in [0, 0.1) is 13.8 Å². The molecule has 2 aromatic rings. The molecule has 0 bridgehead atoms. The second-order valence-electron chi connectivity index (χ2n) is 3.66. The van der Waals surface area contributed by atoms with Crippen molar-refractivity contribution in [2.45, 2.75) is 40.3 Å². The minimum absolute atomic E-state index is 0. The van der Waals surface area contributed by atoms with Gasteiger partial charge in [-0.05, 0) is 13.8 Å². The molecule has 0 atom stereocenters. The number of nitrogens with zero attached hydrogens (tertiary/aromatic N) is 2. The van der Waals surface area contributed by atoms with Gasteiger partial charge in [0, 0.05) is 65.4 Å². The first-order chi connectivity index (χ1) is 13.7. The van der Waals surface area contributed by atoms with Gasteiger partial charge in [-0.1, -0.05) is 88.4 Å². The van der Waals surface area contributed by atoms with Gasteiger partial charge in [0.05, 0.1) is 15.6 Å². The Hall–Kier alpha value is 0.118. The van der Waals surface area contributed by atoms with Crippen LogP contribution < -0.4 is 0 Å². The van der Waals surface area contributed by atoms with Crippen LogP contribution in [0.3, 0.4) is 0 Å². The molecule has 0 aliphatic rings. The van der Waals surface area contributed by atoms with Gasteiger partial charge in [0.25, 0.3) is 0 Å². The Morgan fingerprint density at radius 2 is 0.929 bits per heavy atom. The summed E-state index contributed by atoms with van der Waals surface area (Å²) in [7, 11) is 2.53. The third-order valence-electron chi connectivity index (χ3n) is 1.90. The molecule has 2 nitrogen and oxygen atoms in total. The molecular formula is C22H34B2N2Y2-4. The van der Waals surface area contributed by atoms with Gasteiger partial charge in [0.1, 0.15) is 0 Å². The van der Waals surface area contributed by atoms with E-state index in [0.29, 0.717) is 12.6 Å². The third kappa shape index (κ3) is 40.7. The molecule has 0 amide bonds. The van der Waals surface area contributed by atoms with Crippen molar-refractivity contribution in [1.82, 2.24) is 0 Å². The molecule has 0 aliphatic carbocycles. The maximum Gasteiger partial charge on any atom is 0.0529 e. The van der Waals surface area contributed by atoms with E-state index < -0.39 is 0 Å². The third-order valence-corrected chi connectivity index (χ3v) is 1.90. The Labute approximate surface area is 230 Å². The van der Waals surface area contributed by atoms with Crippen LogP contribution in [0.5, 0.6) is 0 Å². The van der Waals surface area contributed by atoms with Crippen molar-refractivity contribution in [3.05, 3.63) is 96.5 Å². The second kappa shape index (κ2) is 45.7. The molecule has 0 fully saturated rings. The predicted octanol–water partition coefficient (Wildman–Crippen LogP) is 5.68. The molecule has 148 valence electrons.